The minimum atomic E-state index is -0.597. The van der Waals surface area contributed by atoms with E-state index in [-0.39, 0.29) is 0 Å². The van der Waals surface area contributed by atoms with Crippen molar-refractivity contribution in [2.45, 2.75) is 20.8 Å². The second kappa shape index (κ2) is 7.26. The summed E-state index contributed by atoms with van der Waals surface area (Å²) in [5, 5.41) is 7.22. The molecule has 0 spiro atoms. The Morgan fingerprint density at radius 2 is 1.88 bits per heavy atom. The van der Waals surface area contributed by atoms with Crippen LogP contribution in [0.5, 0.6) is 0 Å². The van der Waals surface area contributed by atoms with E-state index in [0.29, 0.717) is 22.7 Å². The van der Waals surface area contributed by atoms with Crippen LogP contribution in [0.15, 0.2) is 47.1 Å². The van der Waals surface area contributed by atoms with E-state index in [2.05, 4.69) is 10.4 Å². The Kier molecular flexibility index (Phi) is 4.88. The van der Waals surface area contributed by atoms with E-state index in [1.165, 1.54) is 12.3 Å². The van der Waals surface area contributed by atoms with Crippen molar-refractivity contribution < 1.29 is 18.7 Å². The number of hydrogen-bond acceptors (Lipinski definition) is 5. The summed E-state index contributed by atoms with van der Waals surface area (Å²) in [6.07, 6.45) is 1.40. The molecule has 0 atom stereocenters. The molecule has 0 bridgehead atoms. The molecule has 0 aliphatic carbocycles. The predicted molar refractivity (Wildman–Crippen MR) is 95.4 cm³/mol. The summed E-state index contributed by atoms with van der Waals surface area (Å²) >= 11 is 0. The highest BCUT2D eigenvalue weighted by atomic mass is 16.5. The summed E-state index contributed by atoms with van der Waals surface area (Å²) in [5.41, 5.74) is 3.28. The zero-order valence-electron chi connectivity index (χ0n) is 14.8. The Labute approximate surface area is 150 Å². The van der Waals surface area contributed by atoms with Gasteiger partial charge in [-0.3, -0.25) is 4.79 Å². The molecule has 1 amide bonds. The Bertz CT molecular complexity index is 941. The highest BCUT2D eigenvalue weighted by Gasteiger charge is 2.18. The molecule has 134 valence electrons. The fourth-order valence-electron chi connectivity index (χ4n) is 2.63. The molecule has 0 saturated heterocycles. The third-order valence-corrected chi connectivity index (χ3v) is 3.97. The number of para-hydroxylation sites is 1. The topological polar surface area (TPSA) is 86.4 Å². The van der Waals surface area contributed by atoms with Crippen molar-refractivity contribution in [3.05, 3.63) is 65.4 Å². The van der Waals surface area contributed by atoms with Gasteiger partial charge in [0.15, 0.2) is 6.61 Å². The van der Waals surface area contributed by atoms with Crippen LogP contribution in [0.1, 0.15) is 27.5 Å². The smallest absolute Gasteiger partial charge is 0.342 e. The first-order valence-electron chi connectivity index (χ1n) is 8.10. The average Bonchev–Trinajstić information content (AvgIpc) is 3.18. The van der Waals surface area contributed by atoms with Gasteiger partial charge in [-0.25, -0.2) is 9.48 Å². The standard InChI is InChI=1S/C19H19N3O4/c1-12-18(13(2)22(21-12)15-7-5-4-6-8-15)20-17(23)11-26-19(24)16-9-10-25-14(16)3/h4-10H,11H2,1-3H3,(H,20,23). The van der Waals surface area contributed by atoms with Crippen LogP contribution < -0.4 is 5.32 Å². The quantitative estimate of drug-likeness (QED) is 0.712. The van der Waals surface area contributed by atoms with Gasteiger partial charge in [0.25, 0.3) is 5.91 Å². The number of benzene rings is 1. The van der Waals surface area contributed by atoms with Crippen LogP contribution in [0.3, 0.4) is 0 Å². The molecule has 1 N–H and O–H groups in total. The number of hydrogen-bond donors (Lipinski definition) is 1. The molecule has 1 aromatic carbocycles. The highest BCUT2D eigenvalue weighted by molar-refractivity contribution is 5.96. The zero-order chi connectivity index (χ0) is 18.7. The summed E-state index contributed by atoms with van der Waals surface area (Å²) in [5.74, 6) is -0.579. The van der Waals surface area contributed by atoms with Gasteiger partial charge in [-0.05, 0) is 39.0 Å². The van der Waals surface area contributed by atoms with E-state index in [0.717, 1.165) is 11.4 Å². The average molecular weight is 353 g/mol. The van der Waals surface area contributed by atoms with Crippen molar-refractivity contribution in [2.24, 2.45) is 0 Å². The molecule has 0 saturated carbocycles. The Morgan fingerprint density at radius 3 is 2.54 bits per heavy atom. The lowest BCUT2D eigenvalue weighted by Crippen LogP contribution is -2.21. The summed E-state index contributed by atoms with van der Waals surface area (Å²) in [4.78, 5) is 24.1. The number of furan rings is 1. The monoisotopic (exact) mass is 353 g/mol. The number of nitrogens with zero attached hydrogens (tertiary/aromatic N) is 2. The maximum Gasteiger partial charge on any atom is 0.342 e. The van der Waals surface area contributed by atoms with E-state index in [1.54, 1.807) is 11.6 Å². The number of carbonyl (C=O) groups is 2. The third-order valence-electron chi connectivity index (χ3n) is 3.97. The largest absolute Gasteiger partial charge is 0.469 e. The van der Waals surface area contributed by atoms with Crippen LogP contribution in [0, 0.1) is 20.8 Å². The number of nitrogens with one attached hydrogen (secondary N) is 1. The molecule has 0 aliphatic heterocycles. The molecule has 0 fully saturated rings. The molecular formula is C19H19N3O4. The first kappa shape index (κ1) is 17.5. The number of carbonyl (C=O) groups excluding carboxylic acids is 2. The Morgan fingerprint density at radius 1 is 1.15 bits per heavy atom. The van der Waals surface area contributed by atoms with Crippen molar-refractivity contribution in [1.29, 1.82) is 0 Å². The number of rotatable bonds is 5. The molecule has 2 heterocycles. The van der Waals surface area contributed by atoms with Crippen molar-refractivity contribution in [2.75, 3.05) is 11.9 Å². The number of anilines is 1. The summed E-state index contributed by atoms with van der Waals surface area (Å²) in [6, 6.07) is 11.1. The first-order chi connectivity index (χ1) is 12.5. The van der Waals surface area contributed by atoms with E-state index < -0.39 is 18.5 Å². The minimum Gasteiger partial charge on any atom is -0.469 e. The van der Waals surface area contributed by atoms with E-state index >= 15 is 0 Å². The highest BCUT2D eigenvalue weighted by Crippen LogP contribution is 2.22. The molecule has 26 heavy (non-hydrogen) atoms. The van der Waals surface area contributed by atoms with Crippen LogP contribution in [0.2, 0.25) is 0 Å². The van der Waals surface area contributed by atoms with Crippen LogP contribution in [-0.4, -0.2) is 28.3 Å². The molecule has 3 aromatic rings. The first-order valence-corrected chi connectivity index (χ1v) is 8.10. The number of ether oxygens (including phenoxy) is 1. The molecule has 0 unspecified atom stereocenters. The lowest BCUT2D eigenvalue weighted by molar-refractivity contribution is -0.119. The lowest BCUT2D eigenvalue weighted by Gasteiger charge is -2.08. The molecule has 3 rings (SSSR count). The summed E-state index contributed by atoms with van der Waals surface area (Å²) < 4.78 is 11.8. The Hall–Kier alpha value is -3.35. The SMILES string of the molecule is Cc1nn(-c2ccccc2)c(C)c1NC(=O)COC(=O)c1ccoc1C. The van der Waals surface area contributed by atoms with Gasteiger partial charge in [-0.15, -0.1) is 0 Å². The normalized spacial score (nSPS) is 10.6. The van der Waals surface area contributed by atoms with Gasteiger partial charge in [0.2, 0.25) is 0 Å². The van der Waals surface area contributed by atoms with Crippen LogP contribution in [-0.2, 0) is 9.53 Å². The molecule has 7 heteroatoms. The maximum atomic E-state index is 12.2. The molecular weight excluding hydrogens is 334 g/mol. The fraction of sp³-hybridized carbons (Fsp3) is 0.211. The number of aryl methyl sites for hydroxylation is 2. The van der Waals surface area contributed by atoms with Gasteiger partial charge in [0.1, 0.15) is 11.3 Å². The molecule has 0 aliphatic rings. The minimum absolute atomic E-state index is 0.307. The number of esters is 1. The van der Waals surface area contributed by atoms with Crippen molar-refractivity contribution >= 4 is 17.6 Å². The van der Waals surface area contributed by atoms with Gasteiger partial charge in [-0.1, -0.05) is 18.2 Å². The molecule has 2 aromatic heterocycles. The van der Waals surface area contributed by atoms with E-state index in [1.807, 2.05) is 44.2 Å². The summed E-state index contributed by atoms with van der Waals surface area (Å²) in [7, 11) is 0. The fourth-order valence-corrected chi connectivity index (χ4v) is 2.63. The van der Waals surface area contributed by atoms with Crippen molar-refractivity contribution in [3.8, 4) is 5.69 Å². The molecule has 0 radical (unpaired) electrons. The maximum absolute atomic E-state index is 12.2. The third kappa shape index (κ3) is 3.51. The van der Waals surface area contributed by atoms with E-state index in [9.17, 15) is 9.59 Å². The van der Waals surface area contributed by atoms with Crippen LogP contribution in [0.25, 0.3) is 5.69 Å². The van der Waals surface area contributed by atoms with Crippen molar-refractivity contribution in [3.63, 3.8) is 0 Å². The van der Waals surface area contributed by atoms with Crippen LogP contribution in [0.4, 0.5) is 5.69 Å². The van der Waals surface area contributed by atoms with Gasteiger partial charge in [0, 0.05) is 0 Å². The zero-order valence-corrected chi connectivity index (χ0v) is 14.8. The van der Waals surface area contributed by atoms with Crippen molar-refractivity contribution in [1.82, 2.24) is 9.78 Å². The number of aromatic nitrogens is 2. The predicted octanol–water partition coefficient (Wildman–Crippen LogP) is 3.19. The van der Waals surface area contributed by atoms with Gasteiger partial charge >= 0.3 is 5.97 Å². The second-order valence-corrected chi connectivity index (χ2v) is 5.81. The Balaban J connectivity index is 1.67. The molecule has 7 nitrogen and oxygen atoms in total. The second-order valence-electron chi connectivity index (χ2n) is 5.81. The van der Waals surface area contributed by atoms with E-state index in [4.69, 9.17) is 9.15 Å². The van der Waals surface area contributed by atoms with Gasteiger partial charge < -0.3 is 14.5 Å². The van der Waals surface area contributed by atoms with Gasteiger partial charge in [0.05, 0.1) is 29.0 Å². The van der Waals surface area contributed by atoms with Crippen LogP contribution >= 0.6 is 0 Å². The number of amides is 1. The summed E-state index contributed by atoms with van der Waals surface area (Å²) in [6.45, 7) is 4.94. The lowest BCUT2D eigenvalue weighted by atomic mass is 10.3. The van der Waals surface area contributed by atoms with Gasteiger partial charge in [-0.2, -0.15) is 5.10 Å².